The summed E-state index contributed by atoms with van der Waals surface area (Å²) >= 11 is 0. The monoisotopic (exact) mass is 332 g/mol. The topological polar surface area (TPSA) is 92.3 Å². The number of hydrogen-bond donors (Lipinski definition) is 2. The number of alkyl halides is 3. The Hall–Kier alpha value is -1.17. The first-order valence-corrected chi connectivity index (χ1v) is 8.04. The average molecular weight is 332 g/mol. The molecule has 0 unspecified atom stereocenters. The molecule has 0 heterocycles. The van der Waals surface area contributed by atoms with Crippen molar-refractivity contribution in [3.8, 4) is 0 Å². The smallest absolute Gasteiger partial charge is 0.214 e. The fourth-order valence-corrected chi connectivity index (χ4v) is 2.92. The highest BCUT2D eigenvalue weighted by molar-refractivity contribution is 7.90. The van der Waals surface area contributed by atoms with Gasteiger partial charge in [-0.1, -0.05) is 0 Å². The lowest BCUT2D eigenvalue weighted by Crippen LogP contribution is -2.33. The van der Waals surface area contributed by atoms with E-state index in [4.69, 9.17) is 0 Å². The normalized spacial score (nSPS) is 13.4. The van der Waals surface area contributed by atoms with Crippen LogP contribution in [-0.4, -0.2) is 36.6 Å². The molecule has 1 aromatic rings. The van der Waals surface area contributed by atoms with Crippen LogP contribution >= 0.6 is 0 Å². The van der Waals surface area contributed by atoms with Gasteiger partial charge in [0.1, 0.15) is 6.54 Å². The summed E-state index contributed by atoms with van der Waals surface area (Å²) in [4.78, 5) is -0.661. The van der Waals surface area contributed by atoms with Gasteiger partial charge in [-0.25, -0.2) is 26.3 Å². The Morgan fingerprint density at radius 3 is 1.70 bits per heavy atom. The number of rotatable bonds is 5. The molecule has 0 saturated carbocycles. The Labute approximate surface area is 114 Å². The van der Waals surface area contributed by atoms with E-state index in [2.05, 4.69) is 0 Å². The van der Waals surface area contributed by atoms with Gasteiger partial charge in [0.05, 0.1) is 9.79 Å². The molecule has 0 aliphatic heterocycles. The largest absolute Gasteiger partial charge is 0.402 e. The summed E-state index contributed by atoms with van der Waals surface area (Å²) in [6, 6.07) is 3.77. The zero-order chi connectivity index (χ0) is 15.6. The maximum Gasteiger partial charge on any atom is 0.402 e. The van der Waals surface area contributed by atoms with E-state index in [0.717, 1.165) is 24.3 Å². The lowest BCUT2D eigenvalue weighted by atomic mass is 10.4. The van der Waals surface area contributed by atoms with E-state index < -0.39 is 37.7 Å². The first-order chi connectivity index (χ1) is 8.98. The summed E-state index contributed by atoms with van der Waals surface area (Å²) in [5, 5.41) is 0. The molecule has 0 radical (unpaired) electrons. The Balaban J connectivity index is 2.99. The van der Waals surface area contributed by atoms with Gasteiger partial charge in [-0.15, -0.1) is 0 Å². The minimum Gasteiger partial charge on any atom is -0.214 e. The quantitative estimate of drug-likeness (QED) is 0.818. The van der Waals surface area contributed by atoms with Crippen molar-refractivity contribution < 1.29 is 30.0 Å². The molecule has 0 amide bonds. The van der Waals surface area contributed by atoms with E-state index in [1.807, 2.05) is 4.72 Å². The molecule has 0 bridgehead atoms. The molecule has 114 valence electrons. The van der Waals surface area contributed by atoms with E-state index in [-0.39, 0.29) is 4.90 Å². The Morgan fingerprint density at radius 1 is 0.950 bits per heavy atom. The van der Waals surface area contributed by atoms with Crippen LogP contribution in [0.5, 0.6) is 0 Å². The average Bonchev–Trinajstić information content (AvgIpc) is 2.36. The van der Waals surface area contributed by atoms with Crippen molar-refractivity contribution in [3.05, 3.63) is 24.3 Å². The molecular formula is C9H11F3N2O4S2. The second-order valence-electron chi connectivity index (χ2n) is 3.62. The zero-order valence-corrected chi connectivity index (χ0v) is 11.7. The molecule has 0 spiro atoms. The van der Waals surface area contributed by atoms with E-state index >= 15 is 0 Å². The second-order valence-corrected chi connectivity index (χ2v) is 7.27. The molecule has 11 heteroatoms. The highest BCUT2D eigenvalue weighted by atomic mass is 32.2. The molecule has 2 N–H and O–H groups in total. The second kappa shape index (κ2) is 5.68. The third-order valence-electron chi connectivity index (χ3n) is 2.18. The molecule has 6 nitrogen and oxygen atoms in total. The van der Waals surface area contributed by atoms with Gasteiger partial charge in [0.15, 0.2) is 0 Å². The van der Waals surface area contributed by atoms with Crippen molar-refractivity contribution in [2.75, 3.05) is 13.6 Å². The van der Waals surface area contributed by atoms with Gasteiger partial charge in [0, 0.05) is 0 Å². The predicted molar refractivity (Wildman–Crippen MR) is 63.9 cm³/mol. The van der Waals surface area contributed by atoms with E-state index in [9.17, 15) is 30.0 Å². The van der Waals surface area contributed by atoms with Crippen LogP contribution in [-0.2, 0) is 20.0 Å². The number of benzene rings is 1. The third-order valence-corrected chi connectivity index (χ3v) is 5.02. The Bertz CT molecular complexity index is 666. The summed E-state index contributed by atoms with van der Waals surface area (Å²) in [5.74, 6) is 0. The minimum absolute atomic E-state index is 0.199. The standard InChI is InChI=1S/C9H11F3N2O4S2/c1-13-19(15,16)7-2-4-8(5-3-7)20(17,18)14-6-9(10,11)12/h2-5,13-14H,6H2,1H3. The lowest BCUT2D eigenvalue weighted by molar-refractivity contribution is -0.121. The molecule has 0 aromatic heterocycles. The fourth-order valence-electron chi connectivity index (χ4n) is 1.18. The van der Waals surface area contributed by atoms with Gasteiger partial charge in [0.2, 0.25) is 20.0 Å². The van der Waals surface area contributed by atoms with E-state index in [0.29, 0.717) is 0 Å². The molecule has 1 aromatic carbocycles. The van der Waals surface area contributed by atoms with Crippen LogP contribution < -0.4 is 9.44 Å². The Morgan fingerprint density at radius 2 is 1.35 bits per heavy atom. The number of halogens is 3. The molecule has 1 rings (SSSR count). The maximum atomic E-state index is 12.0. The van der Waals surface area contributed by atoms with Gasteiger partial charge >= 0.3 is 6.18 Å². The van der Waals surface area contributed by atoms with Crippen LogP contribution in [0.15, 0.2) is 34.1 Å². The van der Waals surface area contributed by atoms with Crippen LogP contribution in [0.4, 0.5) is 13.2 Å². The number of sulfonamides is 2. The van der Waals surface area contributed by atoms with Gasteiger partial charge in [-0.2, -0.15) is 13.2 Å². The third kappa shape index (κ3) is 4.44. The maximum absolute atomic E-state index is 12.0. The van der Waals surface area contributed by atoms with Crippen LogP contribution in [0.3, 0.4) is 0 Å². The summed E-state index contributed by atoms with van der Waals surface area (Å²) in [7, 11) is -6.92. The van der Waals surface area contributed by atoms with Crippen molar-refractivity contribution in [1.29, 1.82) is 0 Å². The van der Waals surface area contributed by atoms with Gasteiger partial charge in [-0.05, 0) is 31.3 Å². The Kier molecular flexibility index (Phi) is 4.79. The van der Waals surface area contributed by atoms with Crippen LogP contribution in [0.25, 0.3) is 0 Å². The van der Waals surface area contributed by atoms with Crippen molar-refractivity contribution in [3.63, 3.8) is 0 Å². The summed E-state index contributed by atoms with van der Waals surface area (Å²) in [6.07, 6.45) is -4.68. The van der Waals surface area contributed by atoms with Crippen LogP contribution in [0.1, 0.15) is 0 Å². The molecular weight excluding hydrogens is 321 g/mol. The fraction of sp³-hybridized carbons (Fsp3) is 0.333. The molecule has 20 heavy (non-hydrogen) atoms. The van der Waals surface area contributed by atoms with E-state index in [1.54, 1.807) is 0 Å². The van der Waals surface area contributed by atoms with Crippen LogP contribution in [0, 0.1) is 0 Å². The highest BCUT2D eigenvalue weighted by Gasteiger charge is 2.30. The minimum atomic E-state index is -4.68. The SMILES string of the molecule is CNS(=O)(=O)c1ccc(S(=O)(=O)NCC(F)(F)F)cc1. The molecule has 0 fully saturated rings. The van der Waals surface area contributed by atoms with Gasteiger partial charge < -0.3 is 0 Å². The van der Waals surface area contributed by atoms with Crippen LogP contribution in [0.2, 0.25) is 0 Å². The van der Waals surface area contributed by atoms with E-state index in [1.165, 1.54) is 11.8 Å². The molecule has 0 saturated heterocycles. The van der Waals surface area contributed by atoms with Gasteiger partial charge in [-0.3, -0.25) is 0 Å². The van der Waals surface area contributed by atoms with Gasteiger partial charge in [0.25, 0.3) is 0 Å². The zero-order valence-electron chi connectivity index (χ0n) is 10.1. The predicted octanol–water partition coefficient (Wildman–Crippen LogP) is 0.435. The summed E-state index contributed by atoms with van der Waals surface area (Å²) < 4.78 is 85.1. The first kappa shape index (κ1) is 16.9. The number of hydrogen-bond acceptors (Lipinski definition) is 4. The number of nitrogens with one attached hydrogen (secondary N) is 2. The molecule has 0 atom stereocenters. The summed E-state index contributed by atoms with van der Waals surface area (Å²) in [6.45, 7) is -1.70. The molecule has 0 aliphatic carbocycles. The van der Waals surface area contributed by atoms with Crippen molar-refractivity contribution in [2.24, 2.45) is 0 Å². The van der Waals surface area contributed by atoms with Crippen molar-refractivity contribution in [1.82, 2.24) is 9.44 Å². The highest BCUT2D eigenvalue weighted by Crippen LogP contribution is 2.17. The molecule has 0 aliphatic rings. The first-order valence-electron chi connectivity index (χ1n) is 5.08. The summed E-state index contributed by atoms with van der Waals surface area (Å²) in [5.41, 5.74) is 0. The lowest BCUT2D eigenvalue weighted by Gasteiger charge is -2.09. The van der Waals surface area contributed by atoms with Crippen molar-refractivity contribution in [2.45, 2.75) is 16.0 Å². The van der Waals surface area contributed by atoms with Crippen molar-refractivity contribution >= 4 is 20.0 Å².